The average Bonchev–Trinajstić information content (AvgIpc) is 2.15. The zero-order chi connectivity index (χ0) is 10.6. The Labute approximate surface area is 84.0 Å². The van der Waals surface area contributed by atoms with Crippen LogP contribution in [0.15, 0.2) is 18.2 Å². The molecule has 0 heterocycles. The van der Waals surface area contributed by atoms with E-state index in [1.165, 1.54) is 0 Å². The Hall–Kier alpha value is -1.22. The lowest BCUT2D eigenvalue weighted by Gasteiger charge is -2.09. The molecule has 3 nitrogen and oxygen atoms in total. The quantitative estimate of drug-likeness (QED) is 0.770. The third-order valence-corrected chi connectivity index (χ3v) is 2.10. The van der Waals surface area contributed by atoms with Crippen molar-refractivity contribution in [2.45, 2.75) is 25.9 Å². The van der Waals surface area contributed by atoms with Crippen molar-refractivity contribution in [1.29, 1.82) is 0 Å². The summed E-state index contributed by atoms with van der Waals surface area (Å²) < 4.78 is 5.12. The van der Waals surface area contributed by atoms with Crippen LogP contribution in [-0.2, 0) is 6.42 Å². The van der Waals surface area contributed by atoms with Crippen LogP contribution >= 0.6 is 0 Å². The summed E-state index contributed by atoms with van der Waals surface area (Å²) in [5.74, 6) is 0.869. The summed E-state index contributed by atoms with van der Waals surface area (Å²) in [6, 6.07) is 5.02. The van der Waals surface area contributed by atoms with Gasteiger partial charge in [0.25, 0.3) is 0 Å². The average molecular weight is 196 g/mol. The van der Waals surface area contributed by atoms with Crippen LogP contribution in [0, 0.1) is 0 Å². The smallest absolute Gasteiger partial charge is 0.125 e. The van der Waals surface area contributed by atoms with E-state index in [4.69, 9.17) is 9.84 Å². The van der Waals surface area contributed by atoms with Crippen molar-refractivity contribution >= 4 is 0 Å². The number of hydrogen-bond acceptors (Lipinski definition) is 3. The van der Waals surface area contributed by atoms with E-state index < -0.39 is 0 Å². The number of aliphatic hydroxyl groups excluding tert-OH is 1. The minimum absolute atomic E-state index is 0.197. The first-order valence-electron chi connectivity index (χ1n) is 4.67. The third-order valence-electron chi connectivity index (χ3n) is 2.10. The molecule has 78 valence electrons. The minimum Gasteiger partial charge on any atom is -0.508 e. The normalized spacial score (nSPS) is 12.5. The molecule has 0 saturated carbocycles. The lowest BCUT2D eigenvalue weighted by atomic mass is 10.1. The van der Waals surface area contributed by atoms with Gasteiger partial charge in [0.2, 0.25) is 0 Å². The van der Waals surface area contributed by atoms with E-state index in [1.807, 2.05) is 6.07 Å². The van der Waals surface area contributed by atoms with Gasteiger partial charge in [-0.05, 0) is 31.4 Å². The van der Waals surface area contributed by atoms with Crippen LogP contribution in [0.3, 0.4) is 0 Å². The van der Waals surface area contributed by atoms with E-state index in [-0.39, 0.29) is 11.9 Å². The van der Waals surface area contributed by atoms with E-state index in [1.54, 1.807) is 26.2 Å². The molecule has 2 N–H and O–H groups in total. The summed E-state index contributed by atoms with van der Waals surface area (Å²) in [4.78, 5) is 0. The minimum atomic E-state index is -0.312. The van der Waals surface area contributed by atoms with Gasteiger partial charge in [-0.25, -0.2) is 0 Å². The Morgan fingerprint density at radius 1 is 1.43 bits per heavy atom. The fourth-order valence-corrected chi connectivity index (χ4v) is 1.30. The second-order valence-electron chi connectivity index (χ2n) is 3.38. The number of benzene rings is 1. The summed E-state index contributed by atoms with van der Waals surface area (Å²) in [5.41, 5.74) is 1.01. The van der Waals surface area contributed by atoms with Crippen LogP contribution in [0.5, 0.6) is 11.5 Å². The van der Waals surface area contributed by atoms with Gasteiger partial charge in [0.05, 0.1) is 13.2 Å². The SMILES string of the molecule is COc1cc(O)ccc1CCC(C)O. The van der Waals surface area contributed by atoms with E-state index in [2.05, 4.69) is 0 Å². The number of aromatic hydroxyl groups is 1. The Morgan fingerprint density at radius 2 is 2.14 bits per heavy atom. The lowest BCUT2D eigenvalue weighted by molar-refractivity contribution is 0.184. The number of phenolic OH excluding ortho intramolecular Hbond substituents is 1. The first-order valence-corrected chi connectivity index (χ1v) is 4.67. The standard InChI is InChI=1S/C11H16O3/c1-8(12)3-4-9-5-6-10(13)7-11(9)14-2/h5-8,12-13H,3-4H2,1-2H3. The van der Waals surface area contributed by atoms with Crippen LogP contribution < -0.4 is 4.74 Å². The largest absolute Gasteiger partial charge is 0.508 e. The van der Waals surface area contributed by atoms with Crippen molar-refractivity contribution in [3.8, 4) is 11.5 Å². The monoisotopic (exact) mass is 196 g/mol. The molecule has 0 amide bonds. The molecule has 0 spiro atoms. The maximum atomic E-state index is 9.22. The molecule has 3 heteroatoms. The van der Waals surface area contributed by atoms with Gasteiger partial charge >= 0.3 is 0 Å². The third kappa shape index (κ3) is 2.92. The van der Waals surface area contributed by atoms with Crippen molar-refractivity contribution < 1.29 is 14.9 Å². The van der Waals surface area contributed by atoms with Gasteiger partial charge in [0.15, 0.2) is 0 Å². The molecule has 0 aromatic heterocycles. The molecule has 14 heavy (non-hydrogen) atoms. The molecule has 0 radical (unpaired) electrons. The van der Waals surface area contributed by atoms with E-state index in [9.17, 15) is 5.11 Å². The number of rotatable bonds is 4. The highest BCUT2D eigenvalue weighted by atomic mass is 16.5. The zero-order valence-corrected chi connectivity index (χ0v) is 8.53. The van der Waals surface area contributed by atoms with Crippen LogP contribution in [0.2, 0.25) is 0 Å². The molecule has 0 aliphatic carbocycles. The van der Waals surface area contributed by atoms with Crippen molar-refractivity contribution in [2.24, 2.45) is 0 Å². The summed E-state index contributed by atoms with van der Waals surface area (Å²) in [5, 5.41) is 18.4. The highest BCUT2D eigenvalue weighted by molar-refractivity contribution is 5.40. The Morgan fingerprint density at radius 3 is 2.71 bits per heavy atom. The van der Waals surface area contributed by atoms with Crippen molar-refractivity contribution in [2.75, 3.05) is 7.11 Å². The Kier molecular flexibility index (Phi) is 3.77. The first-order chi connectivity index (χ1) is 6.63. The number of ether oxygens (including phenoxy) is 1. The van der Waals surface area contributed by atoms with Gasteiger partial charge in [0.1, 0.15) is 11.5 Å². The summed E-state index contributed by atoms with van der Waals surface area (Å²) in [6.45, 7) is 1.76. The summed E-state index contributed by atoms with van der Waals surface area (Å²) in [6.07, 6.45) is 1.14. The van der Waals surface area contributed by atoms with Gasteiger partial charge in [-0.2, -0.15) is 0 Å². The molecule has 0 aliphatic rings. The van der Waals surface area contributed by atoms with Crippen molar-refractivity contribution in [3.05, 3.63) is 23.8 Å². The molecule has 0 fully saturated rings. The highest BCUT2D eigenvalue weighted by Gasteiger charge is 2.05. The van der Waals surface area contributed by atoms with Crippen LogP contribution in [0.1, 0.15) is 18.9 Å². The molecular formula is C11H16O3. The van der Waals surface area contributed by atoms with Crippen LogP contribution in [0.25, 0.3) is 0 Å². The summed E-state index contributed by atoms with van der Waals surface area (Å²) >= 11 is 0. The molecule has 1 aromatic rings. The molecule has 0 bridgehead atoms. The Bertz CT molecular complexity index is 295. The fraction of sp³-hybridized carbons (Fsp3) is 0.455. The van der Waals surface area contributed by atoms with E-state index in [0.29, 0.717) is 12.2 Å². The summed E-state index contributed by atoms with van der Waals surface area (Å²) in [7, 11) is 1.57. The molecule has 1 rings (SSSR count). The molecule has 1 unspecified atom stereocenters. The maximum Gasteiger partial charge on any atom is 0.125 e. The second kappa shape index (κ2) is 4.86. The van der Waals surface area contributed by atoms with Crippen molar-refractivity contribution in [1.82, 2.24) is 0 Å². The number of methoxy groups -OCH3 is 1. The van der Waals surface area contributed by atoms with Gasteiger partial charge in [-0.3, -0.25) is 0 Å². The molecule has 1 aromatic carbocycles. The Balaban J connectivity index is 2.75. The lowest BCUT2D eigenvalue weighted by Crippen LogP contribution is -2.02. The highest BCUT2D eigenvalue weighted by Crippen LogP contribution is 2.24. The number of aryl methyl sites for hydroxylation is 1. The van der Waals surface area contributed by atoms with Crippen LogP contribution in [0.4, 0.5) is 0 Å². The number of phenols is 1. The predicted octanol–water partition coefficient (Wildman–Crippen LogP) is 1.71. The van der Waals surface area contributed by atoms with E-state index in [0.717, 1.165) is 12.0 Å². The maximum absolute atomic E-state index is 9.22. The number of aliphatic hydroxyl groups is 1. The van der Waals surface area contributed by atoms with Crippen molar-refractivity contribution in [3.63, 3.8) is 0 Å². The van der Waals surface area contributed by atoms with Gasteiger partial charge in [-0.1, -0.05) is 6.07 Å². The molecule has 0 aliphatic heterocycles. The fourth-order valence-electron chi connectivity index (χ4n) is 1.30. The van der Waals surface area contributed by atoms with E-state index >= 15 is 0 Å². The molecular weight excluding hydrogens is 180 g/mol. The topological polar surface area (TPSA) is 49.7 Å². The second-order valence-corrected chi connectivity index (χ2v) is 3.38. The van der Waals surface area contributed by atoms with Crippen LogP contribution in [-0.4, -0.2) is 23.4 Å². The van der Waals surface area contributed by atoms with Gasteiger partial charge < -0.3 is 14.9 Å². The zero-order valence-electron chi connectivity index (χ0n) is 8.53. The predicted molar refractivity (Wildman–Crippen MR) is 54.7 cm³/mol. The van der Waals surface area contributed by atoms with Gasteiger partial charge in [-0.15, -0.1) is 0 Å². The molecule has 1 atom stereocenters. The molecule has 0 saturated heterocycles. The number of hydrogen-bond donors (Lipinski definition) is 2. The van der Waals surface area contributed by atoms with Gasteiger partial charge in [0, 0.05) is 6.07 Å². The first kappa shape index (κ1) is 10.9.